The molecule has 4 N–H and O–H groups in total. The molecular formula is C12H11FN4O2S. The van der Waals surface area contributed by atoms with Gasteiger partial charge in [-0.15, -0.1) is 0 Å². The van der Waals surface area contributed by atoms with Crippen LogP contribution in [0.2, 0.25) is 0 Å². The Bertz CT molecular complexity index is 760. The summed E-state index contributed by atoms with van der Waals surface area (Å²) in [7, 11) is -3.78. The lowest BCUT2D eigenvalue weighted by atomic mass is 10.2. The van der Waals surface area contributed by atoms with Gasteiger partial charge in [-0.2, -0.15) is 13.5 Å². The number of rotatable bonds is 3. The molecule has 0 unspecified atom stereocenters. The zero-order valence-electron chi connectivity index (χ0n) is 10.2. The monoisotopic (exact) mass is 294 g/mol. The van der Waals surface area contributed by atoms with Gasteiger partial charge in [0.15, 0.2) is 5.03 Å². The van der Waals surface area contributed by atoms with Crippen LogP contribution in [0.3, 0.4) is 0 Å². The fraction of sp³-hybridized carbons (Fsp3) is 0.0833. The van der Waals surface area contributed by atoms with Crippen LogP contribution < -0.4 is 10.5 Å². The number of benzene rings is 1. The molecule has 0 atom stereocenters. The van der Waals surface area contributed by atoms with Crippen molar-refractivity contribution in [2.45, 2.75) is 5.03 Å². The molecule has 0 aliphatic carbocycles. The van der Waals surface area contributed by atoms with E-state index in [2.05, 4.69) is 26.8 Å². The third-order valence-electron chi connectivity index (χ3n) is 2.31. The molecule has 8 heteroatoms. The van der Waals surface area contributed by atoms with Crippen LogP contribution in [0.5, 0.6) is 0 Å². The molecule has 0 saturated heterocycles. The summed E-state index contributed by atoms with van der Waals surface area (Å²) in [4.78, 5) is 0. The first-order valence-corrected chi connectivity index (χ1v) is 7.02. The molecule has 2 aromatic rings. The summed E-state index contributed by atoms with van der Waals surface area (Å²) in [5.41, 5.74) is 5.48. The van der Waals surface area contributed by atoms with Crippen molar-refractivity contribution in [2.75, 3.05) is 11.3 Å². The van der Waals surface area contributed by atoms with Crippen molar-refractivity contribution < 1.29 is 12.8 Å². The Morgan fingerprint density at radius 3 is 2.85 bits per heavy atom. The Balaban J connectivity index is 2.31. The molecule has 1 aromatic heterocycles. The van der Waals surface area contributed by atoms with Crippen molar-refractivity contribution in [1.82, 2.24) is 10.2 Å². The number of aromatic amines is 1. The van der Waals surface area contributed by atoms with Crippen molar-refractivity contribution >= 4 is 15.7 Å². The highest BCUT2D eigenvalue weighted by Gasteiger charge is 2.16. The Labute approximate surface area is 115 Å². The first-order chi connectivity index (χ1) is 9.53. The number of hydrogen-bond donors (Lipinski definition) is 3. The SMILES string of the molecule is NCC#Cc1cc(NS(=O)(=O)c2ccn[nH]2)ccc1F. The van der Waals surface area contributed by atoms with Gasteiger partial charge in [-0.05, 0) is 24.3 Å². The average Bonchev–Trinajstić information content (AvgIpc) is 2.94. The lowest BCUT2D eigenvalue weighted by Crippen LogP contribution is -2.13. The van der Waals surface area contributed by atoms with E-state index in [9.17, 15) is 12.8 Å². The van der Waals surface area contributed by atoms with Crippen LogP contribution in [0.15, 0.2) is 35.5 Å². The number of anilines is 1. The molecule has 104 valence electrons. The first-order valence-electron chi connectivity index (χ1n) is 5.53. The van der Waals surface area contributed by atoms with E-state index in [0.29, 0.717) is 0 Å². The summed E-state index contributed by atoms with van der Waals surface area (Å²) in [6.07, 6.45) is 1.32. The Morgan fingerprint density at radius 1 is 1.40 bits per heavy atom. The molecule has 0 bridgehead atoms. The number of nitrogens with two attached hydrogens (primary N) is 1. The molecule has 0 spiro atoms. The number of hydrogen-bond acceptors (Lipinski definition) is 4. The van der Waals surface area contributed by atoms with Gasteiger partial charge >= 0.3 is 0 Å². The minimum absolute atomic E-state index is 0.0697. The van der Waals surface area contributed by atoms with Gasteiger partial charge in [-0.3, -0.25) is 9.82 Å². The largest absolute Gasteiger partial charge is 0.320 e. The summed E-state index contributed by atoms with van der Waals surface area (Å²) in [5, 5.41) is 5.81. The van der Waals surface area contributed by atoms with E-state index in [1.807, 2.05) is 0 Å². The summed E-state index contributed by atoms with van der Waals surface area (Å²) < 4.78 is 39.6. The molecule has 20 heavy (non-hydrogen) atoms. The lowest BCUT2D eigenvalue weighted by molar-refractivity contribution is 0.597. The highest BCUT2D eigenvalue weighted by Crippen LogP contribution is 2.17. The smallest absolute Gasteiger partial charge is 0.278 e. The van der Waals surface area contributed by atoms with Gasteiger partial charge in [-0.1, -0.05) is 11.8 Å². The maximum Gasteiger partial charge on any atom is 0.278 e. The second-order valence-corrected chi connectivity index (χ2v) is 5.38. The molecule has 6 nitrogen and oxygen atoms in total. The summed E-state index contributed by atoms with van der Waals surface area (Å²) in [6.45, 7) is 0.0868. The van der Waals surface area contributed by atoms with Crippen molar-refractivity contribution in [3.8, 4) is 11.8 Å². The van der Waals surface area contributed by atoms with Crippen LogP contribution >= 0.6 is 0 Å². The Kier molecular flexibility index (Phi) is 4.02. The molecule has 0 saturated carbocycles. The van der Waals surface area contributed by atoms with Crippen molar-refractivity contribution in [3.63, 3.8) is 0 Å². The number of sulfonamides is 1. The van der Waals surface area contributed by atoms with E-state index in [1.54, 1.807) is 0 Å². The van der Waals surface area contributed by atoms with Crippen LogP contribution in [0.4, 0.5) is 10.1 Å². The zero-order chi connectivity index (χ0) is 14.6. The van der Waals surface area contributed by atoms with Crippen LogP contribution in [0.25, 0.3) is 0 Å². The maximum absolute atomic E-state index is 13.5. The topological polar surface area (TPSA) is 101 Å². The molecule has 0 amide bonds. The maximum atomic E-state index is 13.5. The fourth-order valence-electron chi connectivity index (χ4n) is 1.43. The van der Waals surface area contributed by atoms with Crippen LogP contribution in [-0.4, -0.2) is 25.2 Å². The number of halogens is 1. The van der Waals surface area contributed by atoms with E-state index in [4.69, 9.17) is 5.73 Å². The van der Waals surface area contributed by atoms with Gasteiger partial charge in [0, 0.05) is 0 Å². The van der Waals surface area contributed by atoms with E-state index in [1.165, 1.54) is 24.4 Å². The van der Waals surface area contributed by atoms with Gasteiger partial charge in [0.05, 0.1) is 24.0 Å². The number of nitrogens with one attached hydrogen (secondary N) is 2. The number of H-pyrrole nitrogens is 1. The van der Waals surface area contributed by atoms with Crippen molar-refractivity contribution in [1.29, 1.82) is 0 Å². The van der Waals surface area contributed by atoms with Gasteiger partial charge in [0.25, 0.3) is 10.0 Å². The summed E-state index contributed by atoms with van der Waals surface area (Å²) >= 11 is 0. The third kappa shape index (κ3) is 3.14. The van der Waals surface area contributed by atoms with Crippen molar-refractivity contribution in [2.24, 2.45) is 5.73 Å². The second kappa shape index (κ2) is 5.73. The molecule has 2 rings (SSSR count). The van der Waals surface area contributed by atoms with Crippen LogP contribution in [0, 0.1) is 17.7 Å². The Morgan fingerprint density at radius 2 is 2.20 bits per heavy atom. The molecule has 0 fully saturated rings. The third-order valence-corrected chi connectivity index (χ3v) is 3.62. The average molecular weight is 294 g/mol. The lowest BCUT2D eigenvalue weighted by Gasteiger charge is -2.06. The quantitative estimate of drug-likeness (QED) is 0.724. The van der Waals surface area contributed by atoms with E-state index >= 15 is 0 Å². The number of nitrogens with zero attached hydrogens (tertiary/aromatic N) is 1. The zero-order valence-corrected chi connectivity index (χ0v) is 11.0. The normalized spacial score (nSPS) is 10.7. The molecule has 1 aromatic carbocycles. The molecule has 0 aliphatic heterocycles. The minimum atomic E-state index is -3.78. The second-order valence-electron chi connectivity index (χ2n) is 3.73. The highest BCUT2D eigenvalue weighted by atomic mass is 32.2. The molecular weight excluding hydrogens is 283 g/mol. The van der Waals surface area contributed by atoms with Gasteiger partial charge in [0.2, 0.25) is 0 Å². The predicted molar refractivity (Wildman–Crippen MR) is 71.7 cm³/mol. The Hall–Kier alpha value is -2.37. The van der Waals surface area contributed by atoms with Crippen LogP contribution in [-0.2, 0) is 10.0 Å². The van der Waals surface area contributed by atoms with E-state index < -0.39 is 15.8 Å². The fourth-order valence-corrected chi connectivity index (χ4v) is 2.39. The van der Waals surface area contributed by atoms with E-state index in [-0.39, 0.29) is 22.8 Å². The standard InChI is InChI=1S/C12H11FN4O2S/c13-11-4-3-10(8-9(11)2-1-6-14)17-20(18,19)12-5-7-15-16-12/h3-5,7-8,17H,6,14H2,(H,15,16). The molecule has 0 aliphatic rings. The predicted octanol–water partition coefficient (Wildman–Crippen LogP) is 0.660. The summed E-state index contributed by atoms with van der Waals surface area (Å²) in [5.74, 6) is 4.49. The van der Waals surface area contributed by atoms with Gasteiger partial charge < -0.3 is 5.73 Å². The number of aromatic nitrogens is 2. The van der Waals surface area contributed by atoms with Gasteiger partial charge in [0.1, 0.15) is 5.82 Å². The molecule has 1 heterocycles. The first kappa shape index (κ1) is 14.0. The van der Waals surface area contributed by atoms with Gasteiger partial charge in [-0.25, -0.2) is 4.39 Å². The van der Waals surface area contributed by atoms with Crippen molar-refractivity contribution in [3.05, 3.63) is 41.8 Å². The van der Waals surface area contributed by atoms with E-state index in [0.717, 1.165) is 6.07 Å². The summed E-state index contributed by atoms with van der Waals surface area (Å²) in [6, 6.07) is 5.04. The molecule has 0 radical (unpaired) electrons. The van der Waals surface area contributed by atoms with Crippen LogP contribution in [0.1, 0.15) is 5.56 Å². The highest BCUT2D eigenvalue weighted by molar-refractivity contribution is 7.92. The minimum Gasteiger partial charge on any atom is -0.320 e.